The molecule has 1 nitrogen and oxygen atoms in total. The van der Waals surface area contributed by atoms with Gasteiger partial charge in [-0.25, -0.2) is 0 Å². The standard InChI is InChI=1S/C19H21N/c1-12-5-6-17-15(4)11-18(20-19(17)10-12)16-8-13(2)7-14(3)9-16/h5-11,18,20H,1-4H3. The first-order valence-electron chi connectivity index (χ1n) is 7.17. The number of nitrogens with one attached hydrogen (secondary N) is 1. The summed E-state index contributed by atoms with van der Waals surface area (Å²) in [6.45, 7) is 8.66. The third-order valence-corrected chi connectivity index (χ3v) is 3.93. The van der Waals surface area contributed by atoms with Crippen molar-refractivity contribution >= 4 is 11.3 Å². The first kappa shape index (κ1) is 13.0. The van der Waals surface area contributed by atoms with E-state index in [0.29, 0.717) is 0 Å². The minimum absolute atomic E-state index is 0.267. The van der Waals surface area contributed by atoms with Crippen LogP contribution in [0, 0.1) is 20.8 Å². The molecular formula is C19H21N. The molecule has 0 fully saturated rings. The van der Waals surface area contributed by atoms with Gasteiger partial charge in [-0.2, -0.15) is 0 Å². The van der Waals surface area contributed by atoms with Crippen molar-refractivity contribution < 1.29 is 0 Å². The number of aryl methyl sites for hydroxylation is 3. The lowest BCUT2D eigenvalue weighted by atomic mass is 9.92. The highest BCUT2D eigenvalue weighted by atomic mass is 14.9. The van der Waals surface area contributed by atoms with Gasteiger partial charge in [0.15, 0.2) is 0 Å². The monoisotopic (exact) mass is 263 g/mol. The van der Waals surface area contributed by atoms with E-state index in [0.717, 1.165) is 0 Å². The van der Waals surface area contributed by atoms with Crippen LogP contribution in [0.15, 0.2) is 42.5 Å². The highest BCUT2D eigenvalue weighted by Gasteiger charge is 2.18. The summed E-state index contributed by atoms with van der Waals surface area (Å²) in [5, 5.41) is 3.66. The van der Waals surface area contributed by atoms with E-state index in [1.165, 1.54) is 39.1 Å². The topological polar surface area (TPSA) is 12.0 Å². The fourth-order valence-electron chi connectivity index (χ4n) is 3.04. The molecule has 0 bridgehead atoms. The molecule has 1 aliphatic rings. The van der Waals surface area contributed by atoms with Gasteiger partial charge in [0, 0.05) is 11.3 Å². The fourth-order valence-corrected chi connectivity index (χ4v) is 3.04. The molecule has 1 atom stereocenters. The van der Waals surface area contributed by atoms with Gasteiger partial charge in [0.2, 0.25) is 0 Å². The molecule has 3 rings (SSSR count). The fraction of sp³-hybridized carbons (Fsp3) is 0.263. The maximum absolute atomic E-state index is 3.66. The average Bonchev–Trinajstić information content (AvgIpc) is 2.36. The zero-order valence-electron chi connectivity index (χ0n) is 12.6. The lowest BCUT2D eigenvalue weighted by molar-refractivity contribution is 0.963. The average molecular weight is 263 g/mol. The molecule has 1 aliphatic heterocycles. The molecule has 1 N–H and O–H groups in total. The molecule has 0 amide bonds. The Labute approximate surface area is 121 Å². The van der Waals surface area contributed by atoms with Crippen LogP contribution in [0.5, 0.6) is 0 Å². The van der Waals surface area contributed by atoms with Crippen LogP contribution >= 0.6 is 0 Å². The van der Waals surface area contributed by atoms with Crippen LogP contribution in [0.3, 0.4) is 0 Å². The van der Waals surface area contributed by atoms with Gasteiger partial charge in [-0.1, -0.05) is 47.5 Å². The van der Waals surface area contributed by atoms with Gasteiger partial charge in [0.05, 0.1) is 6.04 Å². The van der Waals surface area contributed by atoms with Crippen molar-refractivity contribution in [3.05, 3.63) is 70.3 Å². The van der Waals surface area contributed by atoms with E-state index in [-0.39, 0.29) is 6.04 Å². The SMILES string of the molecule is CC1=CC(c2cc(C)cc(C)c2)Nc2cc(C)ccc21. The highest BCUT2D eigenvalue weighted by Crippen LogP contribution is 2.35. The van der Waals surface area contributed by atoms with E-state index in [2.05, 4.69) is 75.5 Å². The molecule has 2 aromatic carbocycles. The molecule has 0 aliphatic carbocycles. The normalized spacial score (nSPS) is 17.2. The number of anilines is 1. The predicted molar refractivity (Wildman–Crippen MR) is 87.1 cm³/mol. The summed E-state index contributed by atoms with van der Waals surface area (Å²) >= 11 is 0. The molecule has 0 radical (unpaired) electrons. The Morgan fingerprint density at radius 3 is 2.20 bits per heavy atom. The highest BCUT2D eigenvalue weighted by molar-refractivity contribution is 5.79. The van der Waals surface area contributed by atoms with E-state index in [4.69, 9.17) is 0 Å². The van der Waals surface area contributed by atoms with Crippen molar-refractivity contribution in [3.8, 4) is 0 Å². The van der Waals surface area contributed by atoms with Gasteiger partial charge in [0.25, 0.3) is 0 Å². The minimum Gasteiger partial charge on any atom is -0.374 e. The van der Waals surface area contributed by atoms with Crippen molar-refractivity contribution in [2.24, 2.45) is 0 Å². The van der Waals surface area contributed by atoms with E-state index in [1.54, 1.807) is 0 Å². The van der Waals surface area contributed by atoms with E-state index in [9.17, 15) is 0 Å². The largest absolute Gasteiger partial charge is 0.374 e. The molecule has 102 valence electrons. The van der Waals surface area contributed by atoms with Crippen LogP contribution in [0.2, 0.25) is 0 Å². The van der Waals surface area contributed by atoms with Gasteiger partial charge >= 0.3 is 0 Å². The molecule has 0 saturated carbocycles. The maximum atomic E-state index is 3.66. The van der Waals surface area contributed by atoms with Gasteiger partial charge < -0.3 is 5.32 Å². The van der Waals surface area contributed by atoms with Crippen LogP contribution in [0.25, 0.3) is 5.57 Å². The first-order valence-corrected chi connectivity index (χ1v) is 7.17. The van der Waals surface area contributed by atoms with Crippen molar-refractivity contribution in [1.29, 1.82) is 0 Å². The molecule has 20 heavy (non-hydrogen) atoms. The summed E-state index contributed by atoms with van der Waals surface area (Å²) in [6.07, 6.45) is 2.33. The Kier molecular flexibility index (Phi) is 3.13. The van der Waals surface area contributed by atoms with E-state index < -0.39 is 0 Å². The molecule has 2 aromatic rings. The van der Waals surface area contributed by atoms with Crippen molar-refractivity contribution in [2.45, 2.75) is 33.7 Å². The third-order valence-electron chi connectivity index (χ3n) is 3.93. The molecule has 0 saturated heterocycles. The molecular weight excluding hydrogens is 242 g/mol. The number of benzene rings is 2. The summed E-state index contributed by atoms with van der Waals surface area (Å²) in [5.74, 6) is 0. The first-order chi connectivity index (χ1) is 9.52. The molecule has 1 unspecified atom stereocenters. The molecule has 0 spiro atoms. The van der Waals surface area contributed by atoms with Gasteiger partial charge in [0.1, 0.15) is 0 Å². The van der Waals surface area contributed by atoms with Crippen LogP contribution in [0.1, 0.15) is 40.8 Å². The van der Waals surface area contributed by atoms with Crippen LogP contribution in [-0.4, -0.2) is 0 Å². The third kappa shape index (κ3) is 2.36. The zero-order valence-corrected chi connectivity index (χ0v) is 12.6. The Morgan fingerprint density at radius 2 is 1.50 bits per heavy atom. The number of hydrogen-bond acceptors (Lipinski definition) is 1. The Hall–Kier alpha value is -2.02. The Bertz CT molecular complexity index is 675. The number of rotatable bonds is 1. The summed E-state index contributed by atoms with van der Waals surface area (Å²) in [6, 6.07) is 13.7. The second-order valence-electron chi connectivity index (χ2n) is 5.94. The zero-order chi connectivity index (χ0) is 14.3. The van der Waals surface area contributed by atoms with Crippen LogP contribution < -0.4 is 5.32 Å². The maximum Gasteiger partial charge on any atom is 0.0704 e. The van der Waals surface area contributed by atoms with Gasteiger partial charge in [-0.05, 0) is 50.5 Å². The number of fused-ring (bicyclic) bond motifs is 1. The predicted octanol–water partition coefficient (Wildman–Crippen LogP) is 5.18. The van der Waals surface area contributed by atoms with Gasteiger partial charge in [-0.15, -0.1) is 0 Å². The summed E-state index contributed by atoms with van der Waals surface area (Å²) in [4.78, 5) is 0. The van der Waals surface area contributed by atoms with Crippen molar-refractivity contribution in [2.75, 3.05) is 5.32 Å². The minimum atomic E-state index is 0.267. The second-order valence-corrected chi connectivity index (χ2v) is 5.94. The van der Waals surface area contributed by atoms with Crippen LogP contribution in [-0.2, 0) is 0 Å². The lowest BCUT2D eigenvalue weighted by Gasteiger charge is -2.26. The summed E-state index contributed by atoms with van der Waals surface area (Å²) in [7, 11) is 0. The quantitative estimate of drug-likeness (QED) is 0.747. The second kappa shape index (κ2) is 4.82. The number of allylic oxidation sites excluding steroid dienone is 1. The molecule has 0 aromatic heterocycles. The lowest BCUT2D eigenvalue weighted by Crippen LogP contribution is -2.14. The summed E-state index contributed by atoms with van der Waals surface area (Å²) in [5.41, 5.74) is 9.19. The molecule has 1 heterocycles. The van der Waals surface area contributed by atoms with E-state index in [1.807, 2.05) is 0 Å². The van der Waals surface area contributed by atoms with Crippen LogP contribution in [0.4, 0.5) is 5.69 Å². The molecule has 1 heteroatoms. The summed E-state index contributed by atoms with van der Waals surface area (Å²) < 4.78 is 0. The Balaban J connectivity index is 2.04. The van der Waals surface area contributed by atoms with Gasteiger partial charge in [-0.3, -0.25) is 0 Å². The smallest absolute Gasteiger partial charge is 0.0704 e. The Morgan fingerprint density at radius 1 is 0.800 bits per heavy atom. The number of hydrogen-bond donors (Lipinski definition) is 1. The van der Waals surface area contributed by atoms with Crippen molar-refractivity contribution in [1.82, 2.24) is 0 Å². The van der Waals surface area contributed by atoms with E-state index >= 15 is 0 Å². The van der Waals surface area contributed by atoms with Crippen molar-refractivity contribution in [3.63, 3.8) is 0 Å².